The normalized spacial score (nSPS) is 13.1. The molecule has 2 heterocycles. The Morgan fingerprint density at radius 1 is 1.23 bits per heavy atom. The summed E-state index contributed by atoms with van der Waals surface area (Å²) in [6.07, 6.45) is -3.87. The van der Waals surface area contributed by atoms with Gasteiger partial charge in [-0.05, 0) is 25.1 Å². The fourth-order valence-corrected chi connectivity index (χ4v) is 3.47. The zero-order chi connectivity index (χ0) is 18.7. The van der Waals surface area contributed by atoms with E-state index in [4.69, 9.17) is 4.74 Å². The molecule has 0 spiro atoms. The fourth-order valence-electron chi connectivity index (χ4n) is 2.37. The van der Waals surface area contributed by atoms with Crippen LogP contribution in [0.1, 0.15) is 17.7 Å². The van der Waals surface area contributed by atoms with Crippen LogP contribution >= 0.6 is 0 Å². The first-order valence-electron chi connectivity index (χ1n) is 7.80. The minimum Gasteiger partial charge on any atom is -0.493 e. The molecule has 9 heteroatoms. The zero-order valence-electron chi connectivity index (χ0n) is 13.8. The van der Waals surface area contributed by atoms with Crippen LogP contribution in [-0.4, -0.2) is 31.9 Å². The van der Waals surface area contributed by atoms with Gasteiger partial charge in [-0.1, -0.05) is 12.1 Å². The van der Waals surface area contributed by atoms with Crippen LogP contribution in [0, 0.1) is 6.92 Å². The Kier molecular flexibility index (Phi) is 5.26. The van der Waals surface area contributed by atoms with E-state index in [9.17, 15) is 17.4 Å². The number of hydrogen-bond acceptors (Lipinski definition) is 4. The second kappa shape index (κ2) is 7.45. The summed E-state index contributed by atoms with van der Waals surface area (Å²) in [4.78, 5) is 11.5. The van der Waals surface area contributed by atoms with Crippen molar-refractivity contribution in [2.24, 2.45) is 0 Å². The van der Waals surface area contributed by atoms with Gasteiger partial charge in [0.15, 0.2) is 5.16 Å². The van der Waals surface area contributed by atoms with Crippen LogP contribution < -0.4 is 4.74 Å². The van der Waals surface area contributed by atoms with E-state index in [0.29, 0.717) is 27.7 Å². The molecular formula is C17H16F3N3O2S. The molecule has 1 unspecified atom stereocenters. The lowest BCUT2D eigenvalue weighted by Crippen LogP contribution is -2.13. The van der Waals surface area contributed by atoms with Crippen molar-refractivity contribution in [1.82, 2.24) is 15.0 Å². The first-order chi connectivity index (χ1) is 12.3. The van der Waals surface area contributed by atoms with Crippen molar-refractivity contribution in [1.29, 1.82) is 0 Å². The average Bonchev–Trinajstić information content (AvgIpc) is 3.01. The SMILES string of the molecule is Cc1c(OCCC(F)(F)F)ccnc1CS(=O)c1nc2ccccc2[nH]1. The van der Waals surface area contributed by atoms with Gasteiger partial charge in [0, 0.05) is 11.8 Å². The van der Waals surface area contributed by atoms with Gasteiger partial charge in [-0.2, -0.15) is 13.2 Å². The molecule has 0 fully saturated rings. The lowest BCUT2D eigenvalue weighted by atomic mass is 10.2. The van der Waals surface area contributed by atoms with Gasteiger partial charge in [-0.3, -0.25) is 9.19 Å². The number of aromatic amines is 1. The van der Waals surface area contributed by atoms with Crippen molar-refractivity contribution in [2.75, 3.05) is 6.61 Å². The van der Waals surface area contributed by atoms with Gasteiger partial charge in [0.05, 0.1) is 46.3 Å². The molecule has 3 aromatic rings. The molecule has 0 aliphatic rings. The summed E-state index contributed by atoms with van der Waals surface area (Å²) in [5.41, 5.74) is 2.56. The lowest BCUT2D eigenvalue weighted by molar-refractivity contribution is -0.139. The van der Waals surface area contributed by atoms with Gasteiger partial charge in [-0.25, -0.2) is 4.98 Å². The van der Waals surface area contributed by atoms with E-state index in [1.165, 1.54) is 12.3 Å². The number of rotatable bonds is 6. The van der Waals surface area contributed by atoms with Crippen molar-refractivity contribution in [2.45, 2.75) is 30.4 Å². The molecule has 138 valence electrons. The standard InChI is InChI=1S/C17H16F3N3O2S/c1-11-14(21-8-6-15(11)25-9-7-17(18,19)20)10-26(24)16-22-12-4-2-3-5-13(12)23-16/h2-6,8H,7,9-10H2,1H3,(H,22,23). The maximum Gasteiger partial charge on any atom is 0.392 e. The molecule has 26 heavy (non-hydrogen) atoms. The minimum absolute atomic E-state index is 0.0854. The highest BCUT2D eigenvalue weighted by Gasteiger charge is 2.27. The summed E-state index contributed by atoms with van der Waals surface area (Å²) in [5, 5.41) is 0.329. The Morgan fingerprint density at radius 2 is 2.00 bits per heavy atom. The van der Waals surface area contributed by atoms with Crippen molar-refractivity contribution in [3.8, 4) is 5.75 Å². The van der Waals surface area contributed by atoms with Crippen LogP contribution in [0.3, 0.4) is 0 Å². The predicted molar refractivity (Wildman–Crippen MR) is 91.3 cm³/mol. The molecule has 3 rings (SSSR count). The van der Waals surface area contributed by atoms with Crippen LogP contribution in [0.15, 0.2) is 41.7 Å². The number of H-pyrrole nitrogens is 1. The molecule has 0 saturated carbocycles. The number of hydrogen-bond donors (Lipinski definition) is 1. The van der Waals surface area contributed by atoms with E-state index in [0.717, 1.165) is 5.52 Å². The Bertz CT molecular complexity index is 907. The van der Waals surface area contributed by atoms with Gasteiger partial charge < -0.3 is 9.72 Å². The highest BCUT2D eigenvalue weighted by atomic mass is 32.2. The Balaban J connectivity index is 1.73. The number of nitrogens with one attached hydrogen (secondary N) is 1. The van der Waals surface area contributed by atoms with Gasteiger partial charge in [-0.15, -0.1) is 0 Å². The highest BCUT2D eigenvalue weighted by molar-refractivity contribution is 7.84. The Morgan fingerprint density at radius 3 is 2.73 bits per heavy atom. The molecule has 1 atom stereocenters. The summed E-state index contributed by atoms with van der Waals surface area (Å²) in [6, 6.07) is 8.83. The van der Waals surface area contributed by atoms with Crippen LogP contribution in [0.4, 0.5) is 13.2 Å². The lowest BCUT2D eigenvalue weighted by Gasteiger charge is -2.12. The van der Waals surface area contributed by atoms with Crippen LogP contribution in [-0.2, 0) is 16.6 Å². The molecule has 1 aromatic carbocycles. The van der Waals surface area contributed by atoms with E-state index >= 15 is 0 Å². The summed E-state index contributed by atoms with van der Waals surface area (Å²) in [6.45, 7) is 1.21. The monoisotopic (exact) mass is 383 g/mol. The summed E-state index contributed by atoms with van der Waals surface area (Å²) >= 11 is 0. The number of para-hydroxylation sites is 2. The largest absolute Gasteiger partial charge is 0.493 e. The Labute approximate surface area is 150 Å². The molecule has 0 amide bonds. The maximum atomic E-state index is 12.6. The molecule has 0 radical (unpaired) electrons. The van der Waals surface area contributed by atoms with Crippen molar-refractivity contribution < 1.29 is 22.1 Å². The highest BCUT2D eigenvalue weighted by Crippen LogP contribution is 2.24. The fraction of sp³-hybridized carbons (Fsp3) is 0.294. The first-order valence-corrected chi connectivity index (χ1v) is 9.12. The number of pyridine rings is 1. The third-order valence-corrected chi connectivity index (χ3v) is 4.91. The molecular weight excluding hydrogens is 367 g/mol. The quantitative estimate of drug-likeness (QED) is 0.701. The van der Waals surface area contributed by atoms with Gasteiger partial charge in [0.25, 0.3) is 0 Å². The zero-order valence-corrected chi connectivity index (χ0v) is 14.7. The smallest absolute Gasteiger partial charge is 0.392 e. The molecule has 0 aliphatic heterocycles. The van der Waals surface area contributed by atoms with E-state index in [1.807, 2.05) is 24.3 Å². The topological polar surface area (TPSA) is 67.9 Å². The van der Waals surface area contributed by atoms with E-state index in [-0.39, 0.29) is 5.75 Å². The molecule has 0 saturated heterocycles. The summed E-state index contributed by atoms with van der Waals surface area (Å²) in [7, 11) is -1.47. The number of ether oxygens (including phenoxy) is 1. The molecule has 5 nitrogen and oxygen atoms in total. The van der Waals surface area contributed by atoms with Crippen molar-refractivity contribution >= 4 is 21.8 Å². The molecule has 0 aliphatic carbocycles. The average molecular weight is 383 g/mol. The number of imidazole rings is 1. The molecule has 1 N–H and O–H groups in total. The van der Waals surface area contributed by atoms with E-state index in [1.54, 1.807) is 6.92 Å². The number of alkyl halides is 3. The van der Waals surface area contributed by atoms with Gasteiger partial charge in [0.1, 0.15) is 5.75 Å². The second-order valence-electron chi connectivity index (χ2n) is 5.64. The van der Waals surface area contributed by atoms with E-state index < -0.39 is 30.0 Å². The van der Waals surface area contributed by atoms with Crippen LogP contribution in [0.25, 0.3) is 11.0 Å². The third-order valence-electron chi connectivity index (χ3n) is 3.75. The van der Waals surface area contributed by atoms with Gasteiger partial charge >= 0.3 is 6.18 Å². The van der Waals surface area contributed by atoms with Gasteiger partial charge in [0.2, 0.25) is 0 Å². The molecule has 2 aromatic heterocycles. The van der Waals surface area contributed by atoms with Crippen molar-refractivity contribution in [3.05, 3.63) is 47.8 Å². The predicted octanol–water partition coefficient (Wildman–Crippen LogP) is 3.91. The Hall–Kier alpha value is -2.42. The van der Waals surface area contributed by atoms with Crippen molar-refractivity contribution in [3.63, 3.8) is 0 Å². The number of aromatic nitrogens is 3. The number of halogens is 3. The third kappa shape index (κ3) is 4.40. The van der Waals surface area contributed by atoms with E-state index in [2.05, 4.69) is 15.0 Å². The van der Waals surface area contributed by atoms with Crippen LogP contribution in [0.2, 0.25) is 0 Å². The number of nitrogens with zero attached hydrogens (tertiary/aromatic N) is 2. The number of fused-ring (bicyclic) bond motifs is 1. The summed E-state index contributed by atoms with van der Waals surface area (Å²) < 4.78 is 54.5. The number of benzene rings is 1. The van der Waals surface area contributed by atoms with Crippen LogP contribution in [0.5, 0.6) is 5.75 Å². The second-order valence-corrected chi connectivity index (χ2v) is 7.01. The maximum absolute atomic E-state index is 12.6. The first kappa shape index (κ1) is 18.4. The summed E-state index contributed by atoms with van der Waals surface area (Å²) in [5.74, 6) is 0.392. The molecule has 0 bridgehead atoms. The minimum atomic E-state index is -4.27.